The van der Waals surface area contributed by atoms with Gasteiger partial charge in [0.15, 0.2) is 5.76 Å². The second kappa shape index (κ2) is 6.81. The summed E-state index contributed by atoms with van der Waals surface area (Å²) in [7, 11) is 0. The fourth-order valence-electron chi connectivity index (χ4n) is 3.10. The van der Waals surface area contributed by atoms with Crippen molar-refractivity contribution in [3.63, 3.8) is 0 Å². The number of aromatic nitrogens is 4. The van der Waals surface area contributed by atoms with E-state index in [1.165, 1.54) is 0 Å². The van der Waals surface area contributed by atoms with E-state index in [9.17, 15) is 0 Å². The molecule has 8 nitrogen and oxygen atoms in total. The van der Waals surface area contributed by atoms with E-state index in [0.717, 1.165) is 31.0 Å². The van der Waals surface area contributed by atoms with Gasteiger partial charge >= 0.3 is 0 Å². The number of furan rings is 1. The number of nitrogens with zero attached hydrogens (tertiary/aromatic N) is 5. The lowest BCUT2D eigenvalue weighted by Crippen LogP contribution is -2.44. The molecule has 1 aliphatic heterocycles. The van der Waals surface area contributed by atoms with E-state index in [0.29, 0.717) is 30.7 Å². The Hall–Kier alpha value is -2.45. The Morgan fingerprint density at radius 3 is 2.96 bits per heavy atom. The van der Waals surface area contributed by atoms with Crippen molar-refractivity contribution in [3.8, 4) is 11.7 Å². The van der Waals surface area contributed by atoms with Crippen LogP contribution in [0.4, 0.5) is 0 Å². The molecular formula is C17H21N5O3. The summed E-state index contributed by atoms with van der Waals surface area (Å²) in [4.78, 5) is 2.26. The van der Waals surface area contributed by atoms with E-state index in [2.05, 4.69) is 33.2 Å². The number of aryl methyl sites for hydroxylation is 2. The van der Waals surface area contributed by atoms with E-state index in [-0.39, 0.29) is 6.10 Å². The van der Waals surface area contributed by atoms with Crippen LogP contribution in [-0.2, 0) is 17.8 Å². The molecule has 0 radical (unpaired) electrons. The molecule has 8 heteroatoms. The van der Waals surface area contributed by atoms with E-state index >= 15 is 0 Å². The Morgan fingerprint density at radius 1 is 1.28 bits per heavy atom. The minimum atomic E-state index is 0.0965. The van der Waals surface area contributed by atoms with Crippen LogP contribution >= 0.6 is 0 Å². The third kappa shape index (κ3) is 3.64. The highest BCUT2D eigenvalue weighted by atomic mass is 16.5. The third-order valence-corrected chi connectivity index (χ3v) is 4.26. The molecule has 25 heavy (non-hydrogen) atoms. The molecule has 3 aromatic heterocycles. The summed E-state index contributed by atoms with van der Waals surface area (Å²) < 4.78 is 18.9. The van der Waals surface area contributed by atoms with Gasteiger partial charge in [-0.15, -0.1) is 10.2 Å². The molecule has 4 rings (SSSR count). The third-order valence-electron chi connectivity index (χ3n) is 4.26. The predicted octanol–water partition coefficient (Wildman–Crippen LogP) is 2.04. The molecule has 1 aliphatic rings. The Labute approximate surface area is 145 Å². The van der Waals surface area contributed by atoms with Gasteiger partial charge in [-0.2, -0.15) is 5.10 Å². The molecule has 132 valence electrons. The van der Waals surface area contributed by atoms with Crippen LogP contribution in [0.15, 0.2) is 33.3 Å². The molecule has 1 fully saturated rings. The van der Waals surface area contributed by atoms with Crippen molar-refractivity contribution < 1.29 is 13.6 Å². The second-order valence-electron chi connectivity index (χ2n) is 6.32. The molecule has 4 heterocycles. The Bertz CT molecular complexity index is 823. The lowest BCUT2D eigenvalue weighted by Gasteiger charge is -2.32. The molecular weight excluding hydrogens is 322 g/mol. The SMILES string of the molecule is Cc1cc(C)n(C[C@H]2CN(Cc3nnc(-c4ccco4)o3)CCO2)n1. The van der Waals surface area contributed by atoms with Crippen LogP contribution in [-0.4, -0.2) is 50.7 Å². The van der Waals surface area contributed by atoms with Crippen molar-refractivity contribution in [2.24, 2.45) is 0 Å². The standard InChI is InChI=1S/C17H21N5O3/c1-12-8-13(2)22(20-12)10-14-9-21(5-7-23-14)11-16-18-19-17(25-16)15-4-3-6-24-15/h3-4,6,8,14H,5,7,9-11H2,1-2H3/t14-/m1/s1. The molecule has 0 aromatic carbocycles. The average Bonchev–Trinajstić information content (AvgIpc) is 3.30. The molecule has 0 amide bonds. The van der Waals surface area contributed by atoms with Crippen LogP contribution in [0, 0.1) is 13.8 Å². The molecule has 0 N–H and O–H groups in total. The lowest BCUT2D eigenvalue weighted by atomic mass is 10.2. The maximum atomic E-state index is 5.89. The van der Waals surface area contributed by atoms with Crippen LogP contribution in [0.2, 0.25) is 0 Å². The van der Waals surface area contributed by atoms with Crippen LogP contribution < -0.4 is 0 Å². The Kier molecular flexibility index (Phi) is 4.37. The highest BCUT2D eigenvalue weighted by molar-refractivity contribution is 5.42. The summed E-state index contributed by atoms with van der Waals surface area (Å²) >= 11 is 0. The summed E-state index contributed by atoms with van der Waals surface area (Å²) in [6.45, 7) is 7.74. The lowest BCUT2D eigenvalue weighted by molar-refractivity contribution is -0.0425. The summed E-state index contributed by atoms with van der Waals surface area (Å²) in [5.74, 6) is 1.58. The molecule has 0 unspecified atom stereocenters. The zero-order valence-electron chi connectivity index (χ0n) is 14.4. The summed E-state index contributed by atoms with van der Waals surface area (Å²) in [5, 5.41) is 12.7. The van der Waals surface area contributed by atoms with Crippen molar-refractivity contribution >= 4 is 0 Å². The first kappa shape index (κ1) is 16.0. The fourth-order valence-corrected chi connectivity index (χ4v) is 3.10. The number of morpholine rings is 1. The minimum absolute atomic E-state index is 0.0965. The van der Waals surface area contributed by atoms with Crippen molar-refractivity contribution in [3.05, 3.63) is 41.7 Å². The van der Waals surface area contributed by atoms with Gasteiger partial charge in [-0.3, -0.25) is 9.58 Å². The topological polar surface area (TPSA) is 82.4 Å². The van der Waals surface area contributed by atoms with Gasteiger partial charge in [-0.05, 0) is 32.0 Å². The summed E-state index contributed by atoms with van der Waals surface area (Å²) in [5.41, 5.74) is 2.18. The molecule has 1 atom stereocenters. The van der Waals surface area contributed by atoms with Crippen LogP contribution in [0.1, 0.15) is 17.3 Å². The van der Waals surface area contributed by atoms with E-state index in [4.69, 9.17) is 13.6 Å². The van der Waals surface area contributed by atoms with Crippen molar-refractivity contribution in [1.29, 1.82) is 0 Å². The maximum absolute atomic E-state index is 5.89. The number of hydrogen-bond donors (Lipinski definition) is 0. The molecule has 0 spiro atoms. The zero-order valence-corrected chi connectivity index (χ0v) is 14.4. The van der Waals surface area contributed by atoms with E-state index in [1.807, 2.05) is 11.6 Å². The van der Waals surface area contributed by atoms with Crippen LogP contribution in [0.5, 0.6) is 0 Å². The van der Waals surface area contributed by atoms with Gasteiger partial charge in [-0.25, -0.2) is 0 Å². The predicted molar refractivity (Wildman–Crippen MR) is 88.7 cm³/mol. The second-order valence-corrected chi connectivity index (χ2v) is 6.32. The van der Waals surface area contributed by atoms with Gasteiger partial charge in [0.05, 0.1) is 37.8 Å². The highest BCUT2D eigenvalue weighted by Crippen LogP contribution is 2.19. The van der Waals surface area contributed by atoms with Gasteiger partial charge in [0.1, 0.15) is 0 Å². The molecule has 0 bridgehead atoms. The first-order chi connectivity index (χ1) is 12.2. The Balaban J connectivity index is 1.37. The number of ether oxygens (including phenoxy) is 1. The largest absolute Gasteiger partial charge is 0.459 e. The quantitative estimate of drug-likeness (QED) is 0.701. The highest BCUT2D eigenvalue weighted by Gasteiger charge is 2.23. The van der Waals surface area contributed by atoms with Crippen molar-refractivity contribution in [1.82, 2.24) is 24.9 Å². The first-order valence-corrected chi connectivity index (χ1v) is 8.38. The minimum Gasteiger partial charge on any atom is -0.459 e. The fraction of sp³-hybridized carbons (Fsp3) is 0.471. The molecule has 3 aromatic rings. The van der Waals surface area contributed by atoms with E-state index < -0.39 is 0 Å². The number of hydrogen-bond acceptors (Lipinski definition) is 7. The maximum Gasteiger partial charge on any atom is 0.283 e. The normalized spacial score (nSPS) is 18.7. The van der Waals surface area contributed by atoms with Gasteiger partial charge in [0.25, 0.3) is 5.89 Å². The monoisotopic (exact) mass is 343 g/mol. The number of rotatable bonds is 5. The van der Waals surface area contributed by atoms with Gasteiger partial charge in [0.2, 0.25) is 5.89 Å². The van der Waals surface area contributed by atoms with Crippen molar-refractivity contribution in [2.45, 2.75) is 33.0 Å². The van der Waals surface area contributed by atoms with E-state index in [1.54, 1.807) is 18.4 Å². The zero-order chi connectivity index (χ0) is 17.2. The summed E-state index contributed by atoms with van der Waals surface area (Å²) in [6.07, 6.45) is 1.68. The summed E-state index contributed by atoms with van der Waals surface area (Å²) in [6, 6.07) is 5.68. The average molecular weight is 343 g/mol. The molecule has 0 aliphatic carbocycles. The molecule has 0 saturated carbocycles. The first-order valence-electron chi connectivity index (χ1n) is 8.38. The van der Waals surface area contributed by atoms with Gasteiger partial charge in [-0.1, -0.05) is 0 Å². The van der Waals surface area contributed by atoms with Crippen molar-refractivity contribution in [2.75, 3.05) is 19.7 Å². The van der Waals surface area contributed by atoms with Crippen LogP contribution in [0.25, 0.3) is 11.7 Å². The van der Waals surface area contributed by atoms with Gasteiger partial charge in [0, 0.05) is 18.8 Å². The molecule has 1 saturated heterocycles. The van der Waals surface area contributed by atoms with Crippen LogP contribution in [0.3, 0.4) is 0 Å². The Morgan fingerprint density at radius 2 is 2.20 bits per heavy atom. The smallest absolute Gasteiger partial charge is 0.283 e. The van der Waals surface area contributed by atoms with Gasteiger partial charge < -0.3 is 13.6 Å².